The Balaban J connectivity index is 2.08. The zero-order valence-electron chi connectivity index (χ0n) is 11.2. The molecule has 0 spiro atoms. The highest BCUT2D eigenvalue weighted by Gasteiger charge is 2.18. The van der Waals surface area contributed by atoms with Gasteiger partial charge in [-0.15, -0.1) is 22.7 Å². The maximum atomic E-state index is 12.1. The number of thioether (sulfide) groups is 1. The van der Waals surface area contributed by atoms with Crippen molar-refractivity contribution in [2.45, 2.75) is 31.2 Å². The van der Waals surface area contributed by atoms with Crippen LogP contribution in [0.5, 0.6) is 0 Å². The number of hydrogen-bond acceptors (Lipinski definition) is 6. The van der Waals surface area contributed by atoms with Crippen LogP contribution in [0.3, 0.4) is 0 Å². The van der Waals surface area contributed by atoms with E-state index in [0.29, 0.717) is 5.69 Å². The fourth-order valence-corrected chi connectivity index (χ4v) is 3.90. The third-order valence-electron chi connectivity index (χ3n) is 2.59. The molecule has 7 heteroatoms. The molecule has 1 amide bonds. The summed E-state index contributed by atoms with van der Waals surface area (Å²) >= 11 is 4.68. The summed E-state index contributed by atoms with van der Waals surface area (Å²) in [6.07, 6.45) is 1.95. The van der Waals surface area contributed by atoms with Gasteiger partial charge in [0, 0.05) is 10.3 Å². The molecule has 19 heavy (non-hydrogen) atoms. The van der Waals surface area contributed by atoms with Crippen molar-refractivity contribution in [1.82, 2.24) is 15.3 Å². The minimum atomic E-state index is -0.144. The van der Waals surface area contributed by atoms with E-state index in [1.807, 2.05) is 27.0 Å². The van der Waals surface area contributed by atoms with E-state index in [-0.39, 0.29) is 11.9 Å². The van der Waals surface area contributed by atoms with Gasteiger partial charge < -0.3 is 5.32 Å². The highest BCUT2D eigenvalue weighted by atomic mass is 32.2. The lowest BCUT2D eigenvalue weighted by Crippen LogP contribution is -2.27. The zero-order chi connectivity index (χ0) is 14.0. The van der Waals surface area contributed by atoms with Gasteiger partial charge in [0.05, 0.1) is 16.7 Å². The SMILES string of the molecule is CSc1nc(C(=O)N[C@@H](C)c2nc(C)sc2C)cs1. The van der Waals surface area contributed by atoms with Gasteiger partial charge in [0.2, 0.25) is 0 Å². The molecule has 0 unspecified atom stereocenters. The Morgan fingerprint density at radius 2 is 2.16 bits per heavy atom. The van der Waals surface area contributed by atoms with Crippen molar-refractivity contribution in [2.24, 2.45) is 0 Å². The van der Waals surface area contributed by atoms with Crippen molar-refractivity contribution in [3.8, 4) is 0 Å². The molecule has 0 radical (unpaired) electrons. The smallest absolute Gasteiger partial charge is 0.271 e. The van der Waals surface area contributed by atoms with E-state index in [1.54, 1.807) is 28.5 Å². The summed E-state index contributed by atoms with van der Waals surface area (Å²) in [6.45, 7) is 5.94. The monoisotopic (exact) mass is 313 g/mol. The second-order valence-corrected chi connectivity index (χ2v) is 7.39. The molecule has 0 saturated carbocycles. The first-order valence-corrected chi connectivity index (χ1v) is 8.67. The molecule has 2 rings (SSSR count). The fourth-order valence-electron chi connectivity index (χ4n) is 1.74. The average molecular weight is 313 g/mol. The van der Waals surface area contributed by atoms with Gasteiger partial charge in [-0.05, 0) is 27.0 Å². The van der Waals surface area contributed by atoms with Crippen molar-refractivity contribution in [3.63, 3.8) is 0 Å². The standard InChI is InChI=1S/C12H15N3OS3/c1-6(10-7(2)19-8(3)14-10)13-11(16)9-5-18-12(15-9)17-4/h5-6H,1-4H3,(H,13,16)/t6-/m0/s1. The van der Waals surface area contributed by atoms with Crippen LogP contribution < -0.4 is 5.32 Å². The van der Waals surface area contributed by atoms with E-state index in [9.17, 15) is 4.79 Å². The van der Waals surface area contributed by atoms with Crippen LogP contribution in [0.4, 0.5) is 0 Å². The molecule has 2 heterocycles. The van der Waals surface area contributed by atoms with Crippen LogP contribution in [0.25, 0.3) is 0 Å². The lowest BCUT2D eigenvalue weighted by molar-refractivity contribution is 0.0934. The molecule has 0 aliphatic heterocycles. The van der Waals surface area contributed by atoms with Crippen LogP contribution in [0.15, 0.2) is 9.72 Å². The van der Waals surface area contributed by atoms with Gasteiger partial charge in [-0.25, -0.2) is 9.97 Å². The minimum Gasteiger partial charge on any atom is -0.343 e. The molecule has 0 aliphatic rings. The van der Waals surface area contributed by atoms with Gasteiger partial charge in [-0.1, -0.05) is 11.8 Å². The van der Waals surface area contributed by atoms with Crippen LogP contribution in [-0.2, 0) is 0 Å². The lowest BCUT2D eigenvalue weighted by Gasteiger charge is -2.11. The van der Waals surface area contributed by atoms with E-state index in [4.69, 9.17) is 0 Å². The second-order valence-electron chi connectivity index (χ2n) is 4.07. The lowest BCUT2D eigenvalue weighted by atomic mass is 10.2. The maximum absolute atomic E-state index is 12.1. The van der Waals surface area contributed by atoms with Gasteiger partial charge in [0.15, 0.2) is 0 Å². The molecule has 1 N–H and O–H groups in total. The van der Waals surface area contributed by atoms with E-state index >= 15 is 0 Å². The summed E-state index contributed by atoms with van der Waals surface area (Å²) in [6, 6.07) is -0.100. The van der Waals surface area contributed by atoms with Gasteiger partial charge in [-0.2, -0.15) is 0 Å². The Labute approximate surface area is 124 Å². The number of carbonyl (C=O) groups is 1. The highest BCUT2D eigenvalue weighted by Crippen LogP contribution is 2.23. The van der Waals surface area contributed by atoms with Crippen molar-refractivity contribution < 1.29 is 4.79 Å². The Morgan fingerprint density at radius 3 is 2.68 bits per heavy atom. The number of aromatic nitrogens is 2. The van der Waals surface area contributed by atoms with Crippen LogP contribution in [0.2, 0.25) is 0 Å². The number of aryl methyl sites for hydroxylation is 2. The minimum absolute atomic E-state index is 0.100. The van der Waals surface area contributed by atoms with Crippen molar-refractivity contribution in [3.05, 3.63) is 26.7 Å². The highest BCUT2D eigenvalue weighted by molar-refractivity contribution is 8.00. The maximum Gasteiger partial charge on any atom is 0.271 e. The number of nitrogens with zero attached hydrogens (tertiary/aromatic N) is 2. The molecule has 102 valence electrons. The molecule has 0 fully saturated rings. The second kappa shape index (κ2) is 6.02. The van der Waals surface area contributed by atoms with Crippen LogP contribution in [0, 0.1) is 13.8 Å². The molecule has 0 aromatic carbocycles. The molecule has 2 aromatic heterocycles. The van der Waals surface area contributed by atoms with E-state index < -0.39 is 0 Å². The molecule has 4 nitrogen and oxygen atoms in total. The predicted octanol–water partition coefficient (Wildman–Crippen LogP) is 3.43. The Hall–Kier alpha value is -0.920. The van der Waals surface area contributed by atoms with Crippen molar-refractivity contribution >= 4 is 40.3 Å². The largest absolute Gasteiger partial charge is 0.343 e. The third-order valence-corrected chi connectivity index (χ3v) is 5.35. The molecule has 0 saturated heterocycles. The van der Waals surface area contributed by atoms with E-state index in [2.05, 4.69) is 15.3 Å². The van der Waals surface area contributed by atoms with Gasteiger partial charge >= 0.3 is 0 Å². The van der Waals surface area contributed by atoms with E-state index in [0.717, 1.165) is 19.9 Å². The van der Waals surface area contributed by atoms with E-state index in [1.165, 1.54) is 11.3 Å². The Kier molecular flexibility index (Phi) is 4.59. The summed E-state index contributed by atoms with van der Waals surface area (Å²) < 4.78 is 0.901. The van der Waals surface area contributed by atoms with Gasteiger partial charge in [0.1, 0.15) is 10.0 Å². The zero-order valence-corrected chi connectivity index (χ0v) is 13.6. The predicted molar refractivity (Wildman–Crippen MR) is 81.4 cm³/mol. The van der Waals surface area contributed by atoms with Gasteiger partial charge in [0.25, 0.3) is 5.91 Å². The number of amides is 1. The molecule has 0 aliphatic carbocycles. The average Bonchev–Trinajstić information content (AvgIpc) is 2.95. The topological polar surface area (TPSA) is 54.9 Å². The Bertz CT molecular complexity index is 591. The summed E-state index contributed by atoms with van der Waals surface area (Å²) in [7, 11) is 0. The Morgan fingerprint density at radius 1 is 1.42 bits per heavy atom. The van der Waals surface area contributed by atoms with Crippen molar-refractivity contribution in [2.75, 3.05) is 6.26 Å². The quantitative estimate of drug-likeness (QED) is 0.879. The normalized spacial score (nSPS) is 12.4. The van der Waals surface area contributed by atoms with Crippen LogP contribution in [-0.4, -0.2) is 22.1 Å². The number of carbonyl (C=O) groups excluding carboxylic acids is 1. The fraction of sp³-hybridized carbons (Fsp3) is 0.417. The molecule has 1 atom stereocenters. The summed E-state index contributed by atoms with van der Waals surface area (Å²) in [5.41, 5.74) is 1.42. The summed E-state index contributed by atoms with van der Waals surface area (Å²) in [5.74, 6) is -0.144. The third kappa shape index (κ3) is 3.34. The summed E-state index contributed by atoms with van der Waals surface area (Å²) in [5, 5.41) is 5.75. The van der Waals surface area contributed by atoms with Crippen LogP contribution >= 0.6 is 34.4 Å². The number of hydrogen-bond donors (Lipinski definition) is 1. The molecular formula is C12H15N3OS3. The van der Waals surface area contributed by atoms with Crippen LogP contribution in [0.1, 0.15) is 39.0 Å². The first-order chi connectivity index (χ1) is 9.01. The molecule has 0 bridgehead atoms. The van der Waals surface area contributed by atoms with Crippen molar-refractivity contribution in [1.29, 1.82) is 0 Å². The first kappa shape index (κ1) is 14.5. The number of thiazole rings is 2. The van der Waals surface area contributed by atoms with Gasteiger partial charge in [-0.3, -0.25) is 4.79 Å². The number of nitrogens with one attached hydrogen (secondary N) is 1. The summed E-state index contributed by atoms with van der Waals surface area (Å²) in [4.78, 5) is 21.9. The molecular weight excluding hydrogens is 298 g/mol. The number of rotatable bonds is 4. The first-order valence-electron chi connectivity index (χ1n) is 5.75. The molecule has 2 aromatic rings.